The maximum atomic E-state index is 4.40. The molecule has 0 spiro atoms. The Morgan fingerprint density at radius 2 is 1.79 bits per heavy atom. The lowest BCUT2D eigenvalue weighted by molar-refractivity contribution is 0.818. The van der Waals surface area contributed by atoms with Gasteiger partial charge in [0.15, 0.2) is 0 Å². The summed E-state index contributed by atoms with van der Waals surface area (Å²) in [7, 11) is 1.96. The molecule has 0 amide bonds. The van der Waals surface area contributed by atoms with Gasteiger partial charge in [0, 0.05) is 18.1 Å². The molecule has 0 atom stereocenters. The Bertz CT molecular complexity index is 682. The molecule has 94 valence electrons. The topological polar surface area (TPSA) is 24.9 Å². The van der Waals surface area contributed by atoms with Gasteiger partial charge in [-0.2, -0.15) is 0 Å². The van der Waals surface area contributed by atoms with Crippen molar-refractivity contribution in [3.05, 3.63) is 66.4 Å². The summed E-state index contributed by atoms with van der Waals surface area (Å²) in [4.78, 5) is 4.40. The van der Waals surface area contributed by atoms with E-state index in [4.69, 9.17) is 0 Å². The van der Waals surface area contributed by atoms with Crippen LogP contribution in [0.15, 0.2) is 60.8 Å². The summed E-state index contributed by atoms with van der Waals surface area (Å²) >= 11 is 0. The van der Waals surface area contributed by atoms with Crippen LogP contribution in [-0.2, 0) is 6.54 Å². The number of pyridine rings is 1. The predicted octanol–water partition coefficient (Wildman–Crippen LogP) is 3.62. The van der Waals surface area contributed by atoms with Gasteiger partial charge in [-0.05, 0) is 35.9 Å². The molecule has 1 aromatic heterocycles. The van der Waals surface area contributed by atoms with E-state index in [0.717, 1.165) is 12.1 Å². The SMILES string of the molecule is CNCc1ccc(-c2cccc3ncccc23)cc1. The smallest absolute Gasteiger partial charge is 0.0708 e. The predicted molar refractivity (Wildman–Crippen MR) is 79.9 cm³/mol. The summed E-state index contributed by atoms with van der Waals surface area (Å²) in [6.45, 7) is 0.900. The van der Waals surface area contributed by atoms with Gasteiger partial charge < -0.3 is 5.32 Å². The molecule has 0 fully saturated rings. The molecule has 2 aromatic carbocycles. The number of hydrogen-bond acceptors (Lipinski definition) is 2. The van der Waals surface area contributed by atoms with Crippen LogP contribution in [0.5, 0.6) is 0 Å². The van der Waals surface area contributed by atoms with Gasteiger partial charge >= 0.3 is 0 Å². The molecule has 0 saturated heterocycles. The van der Waals surface area contributed by atoms with Crippen molar-refractivity contribution in [1.29, 1.82) is 0 Å². The van der Waals surface area contributed by atoms with Crippen LogP contribution < -0.4 is 5.32 Å². The Labute approximate surface area is 113 Å². The van der Waals surface area contributed by atoms with E-state index in [-0.39, 0.29) is 0 Å². The first-order chi connectivity index (χ1) is 9.38. The van der Waals surface area contributed by atoms with Crippen LogP contribution in [0.2, 0.25) is 0 Å². The van der Waals surface area contributed by atoms with Crippen LogP contribution in [0.1, 0.15) is 5.56 Å². The van der Waals surface area contributed by atoms with Gasteiger partial charge in [-0.25, -0.2) is 0 Å². The van der Waals surface area contributed by atoms with E-state index in [2.05, 4.69) is 52.8 Å². The van der Waals surface area contributed by atoms with Crippen LogP contribution >= 0.6 is 0 Å². The van der Waals surface area contributed by atoms with Crippen molar-refractivity contribution in [1.82, 2.24) is 10.3 Å². The lowest BCUT2D eigenvalue weighted by atomic mass is 9.99. The van der Waals surface area contributed by atoms with E-state index in [1.807, 2.05) is 25.4 Å². The molecule has 2 heteroatoms. The number of nitrogens with one attached hydrogen (secondary N) is 1. The van der Waals surface area contributed by atoms with Crippen molar-refractivity contribution in [2.45, 2.75) is 6.54 Å². The van der Waals surface area contributed by atoms with E-state index in [1.165, 1.54) is 22.1 Å². The normalized spacial score (nSPS) is 10.8. The third-order valence-corrected chi connectivity index (χ3v) is 3.29. The Hall–Kier alpha value is -2.19. The highest BCUT2D eigenvalue weighted by Crippen LogP contribution is 2.27. The van der Waals surface area contributed by atoms with Crippen LogP contribution in [0, 0.1) is 0 Å². The van der Waals surface area contributed by atoms with Gasteiger partial charge in [0.2, 0.25) is 0 Å². The van der Waals surface area contributed by atoms with Gasteiger partial charge in [0.1, 0.15) is 0 Å². The zero-order valence-electron chi connectivity index (χ0n) is 10.9. The first-order valence-electron chi connectivity index (χ1n) is 6.46. The van der Waals surface area contributed by atoms with E-state index in [9.17, 15) is 0 Å². The Balaban J connectivity index is 2.08. The average molecular weight is 248 g/mol. The summed E-state index contributed by atoms with van der Waals surface area (Å²) in [6.07, 6.45) is 1.84. The van der Waals surface area contributed by atoms with Crippen LogP contribution in [-0.4, -0.2) is 12.0 Å². The first-order valence-corrected chi connectivity index (χ1v) is 6.46. The van der Waals surface area contributed by atoms with Crippen molar-refractivity contribution in [2.24, 2.45) is 0 Å². The Morgan fingerprint density at radius 1 is 0.947 bits per heavy atom. The third kappa shape index (κ3) is 2.35. The maximum Gasteiger partial charge on any atom is 0.0708 e. The van der Waals surface area contributed by atoms with Crippen molar-refractivity contribution in [3.8, 4) is 11.1 Å². The number of benzene rings is 2. The van der Waals surface area contributed by atoms with Gasteiger partial charge in [-0.1, -0.05) is 42.5 Å². The molecule has 1 N–H and O–H groups in total. The van der Waals surface area contributed by atoms with E-state index in [1.54, 1.807) is 0 Å². The Kier molecular flexibility index (Phi) is 3.25. The van der Waals surface area contributed by atoms with Crippen molar-refractivity contribution < 1.29 is 0 Å². The fourth-order valence-corrected chi connectivity index (χ4v) is 2.36. The molecule has 2 nitrogen and oxygen atoms in total. The fourth-order valence-electron chi connectivity index (χ4n) is 2.36. The summed E-state index contributed by atoms with van der Waals surface area (Å²) in [5.74, 6) is 0. The molecule has 0 unspecified atom stereocenters. The molecule has 1 heterocycles. The van der Waals surface area contributed by atoms with E-state index in [0.29, 0.717) is 0 Å². The largest absolute Gasteiger partial charge is 0.316 e. The molecule has 0 aliphatic carbocycles. The molecular formula is C17H16N2. The number of aromatic nitrogens is 1. The maximum absolute atomic E-state index is 4.40. The van der Waals surface area contributed by atoms with Crippen molar-refractivity contribution in [2.75, 3.05) is 7.05 Å². The highest BCUT2D eigenvalue weighted by molar-refractivity contribution is 5.94. The minimum atomic E-state index is 0.900. The lowest BCUT2D eigenvalue weighted by Crippen LogP contribution is -2.04. The summed E-state index contributed by atoms with van der Waals surface area (Å²) in [6, 6.07) is 19.1. The van der Waals surface area contributed by atoms with E-state index >= 15 is 0 Å². The molecule has 19 heavy (non-hydrogen) atoms. The molecule has 0 aliphatic heterocycles. The van der Waals surface area contributed by atoms with Crippen LogP contribution in [0.4, 0.5) is 0 Å². The number of fused-ring (bicyclic) bond motifs is 1. The van der Waals surface area contributed by atoms with Gasteiger partial charge in [-0.15, -0.1) is 0 Å². The first kappa shape index (κ1) is 11.9. The van der Waals surface area contributed by atoms with Crippen LogP contribution in [0.3, 0.4) is 0 Å². The molecule has 3 rings (SSSR count). The molecule has 0 saturated carbocycles. The molecule has 0 bridgehead atoms. The second-order valence-corrected chi connectivity index (χ2v) is 4.60. The second kappa shape index (κ2) is 5.21. The zero-order valence-corrected chi connectivity index (χ0v) is 10.9. The number of nitrogens with zero attached hydrogens (tertiary/aromatic N) is 1. The third-order valence-electron chi connectivity index (χ3n) is 3.29. The Morgan fingerprint density at radius 3 is 2.58 bits per heavy atom. The zero-order chi connectivity index (χ0) is 13.1. The minimum absolute atomic E-state index is 0.900. The highest BCUT2D eigenvalue weighted by Gasteiger charge is 2.03. The fraction of sp³-hybridized carbons (Fsp3) is 0.118. The minimum Gasteiger partial charge on any atom is -0.316 e. The van der Waals surface area contributed by atoms with E-state index < -0.39 is 0 Å². The summed E-state index contributed by atoms with van der Waals surface area (Å²) in [5, 5.41) is 4.36. The molecule has 0 aliphatic rings. The highest BCUT2D eigenvalue weighted by atomic mass is 14.8. The monoisotopic (exact) mass is 248 g/mol. The molecular weight excluding hydrogens is 232 g/mol. The van der Waals surface area contributed by atoms with Gasteiger partial charge in [-0.3, -0.25) is 4.98 Å². The van der Waals surface area contributed by atoms with Crippen molar-refractivity contribution in [3.63, 3.8) is 0 Å². The lowest BCUT2D eigenvalue weighted by Gasteiger charge is -2.07. The number of rotatable bonds is 3. The van der Waals surface area contributed by atoms with Gasteiger partial charge in [0.25, 0.3) is 0 Å². The standard InChI is InChI=1S/C17H16N2/c1-18-12-13-7-9-14(10-8-13)15-4-2-6-17-16(15)5-3-11-19-17/h2-11,18H,12H2,1H3. The quantitative estimate of drug-likeness (QED) is 0.765. The molecule has 0 radical (unpaired) electrons. The van der Waals surface area contributed by atoms with Crippen LogP contribution in [0.25, 0.3) is 22.0 Å². The van der Waals surface area contributed by atoms with Gasteiger partial charge in [0.05, 0.1) is 5.52 Å². The summed E-state index contributed by atoms with van der Waals surface area (Å²) < 4.78 is 0. The molecule has 3 aromatic rings. The summed E-state index contributed by atoms with van der Waals surface area (Å²) in [5.41, 5.74) is 4.81. The number of hydrogen-bond donors (Lipinski definition) is 1. The second-order valence-electron chi connectivity index (χ2n) is 4.60. The average Bonchev–Trinajstić information content (AvgIpc) is 2.48. The van der Waals surface area contributed by atoms with Crippen molar-refractivity contribution >= 4 is 10.9 Å².